The van der Waals surface area contributed by atoms with Crippen LogP contribution in [0.2, 0.25) is 0 Å². The van der Waals surface area contributed by atoms with Crippen molar-refractivity contribution in [2.24, 2.45) is 7.05 Å². The lowest BCUT2D eigenvalue weighted by molar-refractivity contribution is 0.0292. The van der Waals surface area contributed by atoms with E-state index in [9.17, 15) is 4.79 Å². The van der Waals surface area contributed by atoms with Crippen LogP contribution in [0.3, 0.4) is 0 Å². The van der Waals surface area contributed by atoms with Gasteiger partial charge in [0.25, 0.3) is 0 Å². The number of hydrogen-bond acceptors (Lipinski definition) is 5. The number of rotatable bonds is 2. The van der Waals surface area contributed by atoms with Gasteiger partial charge in [-0.3, -0.25) is 4.68 Å². The van der Waals surface area contributed by atoms with E-state index in [-0.39, 0.29) is 12.0 Å². The average molecular weight is 343 g/mol. The molecule has 25 heavy (non-hydrogen) atoms. The summed E-state index contributed by atoms with van der Waals surface area (Å²) in [4.78, 5) is 18.5. The summed E-state index contributed by atoms with van der Waals surface area (Å²) >= 11 is 0. The molecule has 0 radical (unpaired) electrons. The van der Waals surface area contributed by atoms with Crippen LogP contribution in [0.15, 0.2) is 24.5 Å². The molecule has 2 aromatic rings. The van der Waals surface area contributed by atoms with Crippen molar-refractivity contribution in [3.63, 3.8) is 0 Å². The fourth-order valence-electron chi connectivity index (χ4n) is 3.01. The van der Waals surface area contributed by atoms with E-state index in [0.29, 0.717) is 18.9 Å². The lowest BCUT2D eigenvalue weighted by atomic mass is 10.0. The van der Waals surface area contributed by atoms with Crippen LogP contribution in [-0.4, -0.2) is 44.4 Å². The minimum Gasteiger partial charge on any atom is -0.444 e. The van der Waals surface area contributed by atoms with Crippen LogP contribution in [0.25, 0.3) is 11.1 Å². The summed E-state index contributed by atoms with van der Waals surface area (Å²) in [5, 5.41) is 4.21. The molecule has 1 aliphatic rings. The highest BCUT2D eigenvalue weighted by Crippen LogP contribution is 2.31. The van der Waals surface area contributed by atoms with Crippen LogP contribution in [-0.2, 0) is 11.8 Å². The molecule has 7 nitrogen and oxygen atoms in total. The predicted octanol–water partition coefficient (Wildman–Crippen LogP) is 2.79. The summed E-state index contributed by atoms with van der Waals surface area (Å²) in [7, 11) is 1.88. The highest BCUT2D eigenvalue weighted by Gasteiger charge is 2.31. The van der Waals surface area contributed by atoms with Gasteiger partial charge < -0.3 is 15.4 Å². The molecular weight excluding hydrogens is 318 g/mol. The Bertz CT molecular complexity index is 778. The summed E-state index contributed by atoms with van der Waals surface area (Å²) in [6.07, 6.45) is 4.33. The number of anilines is 1. The molecule has 1 saturated heterocycles. The van der Waals surface area contributed by atoms with Gasteiger partial charge in [0.1, 0.15) is 11.4 Å². The molecule has 3 rings (SSSR count). The predicted molar refractivity (Wildman–Crippen MR) is 96.0 cm³/mol. The summed E-state index contributed by atoms with van der Waals surface area (Å²) in [5.74, 6) is 0.638. The number of carbonyl (C=O) groups excluding carboxylic acids is 1. The number of aromatic nitrogens is 3. The Hall–Kier alpha value is -2.57. The van der Waals surface area contributed by atoms with Crippen molar-refractivity contribution in [1.82, 2.24) is 19.7 Å². The Morgan fingerprint density at radius 1 is 1.32 bits per heavy atom. The fraction of sp³-hybridized carbons (Fsp3) is 0.500. The Labute approximate surface area is 147 Å². The van der Waals surface area contributed by atoms with Crippen molar-refractivity contribution < 1.29 is 9.53 Å². The number of nitrogens with two attached hydrogens (primary N) is 1. The monoisotopic (exact) mass is 343 g/mol. The van der Waals surface area contributed by atoms with E-state index in [2.05, 4.69) is 10.1 Å². The van der Waals surface area contributed by atoms with E-state index in [1.165, 1.54) is 0 Å². The molecule has 0 aromatic carbocycles. The van der Waals surface area contributed by atoms with E-state index < -0.39 is 5.60 Å². The Kier molecular flexibility index (Phi) is 4.41. The number of amides is 1. The standard InChI is InChI=1S/C18H25N5O2/c1-18(2,3)25-17(24)23-6-5-12(11-23)15-7-13(8-16(19)21-15)14-9-20-22(4)10-14/h7-10,12H,5-6,11H2,1-4H3,(H2,19,21). The molecule has 2 aromatic heterocycles. The van der Waals surface area contributed by atoms with Crippen LogP contribution in [0, 0.1) is 0 Å². The molecule has 134 valence electrons. The van der Waals surface area contributed by atoms with E-state index in [1.54, 1.807) is 15.8 Å². The summed E-state index contributed by atoms with van der Waals surface area (Å²) in [5.41, 5.74) is 8.42. The van der Waals surface area contributed by atoms with Gasteiger partial charge in [-0.25, -0.2) is 9.78 Å². The van der Waals surface area contributed by atoms with Crippen molar-refractivity contribution in [2.45, 2.75) is 38.7 Å². The first-order valence-corrected chi connectivity index (χ1v) is 8.46. The lowest BCUT2D eigenvalue weighted by Crippen LogP contribution is -2.35. The van der Waals surface area contributed by atoms with E-state index in [0.717, 1.165) is 23.2 Å². The number of nitrogens with zero attached hydrogens (tertiary/aromatic N) is 4. The van der Waals surface area contributed by atoms with Crippen molar-refractivity contribution in [3.8, 4) is 11.1 Å². The summed E-state index contributed by atoms with van der Waals surface area (Å²) in [6.45, 7) is 6.88. The molecule has 0 aliphatic carbocycles. The molecule has 1 unspecified atom stereocenters. The first-order valence-electron chi connectivity index (χ1n) is 8.46. The highest BCUT2D eigenvalue weighted by atomic mass is 16.6. The van der Waals surface area contributed by atoms with Crippen molar-refractivity contribution in [2.75, 3.05) is 18.8 Å². The van der Waals surface area contributed by atoms with Gasteiger partial charge in [-0.2, -0.15) is 5.10 Å². The van der Waals surface area contributed by atoms with Crippen molar-refractivity contribution in [1.29, 1.82) is 0 Å². The van der Waals surface area contributed by atoms with Gasteiger partial charge in [0.05, 0.1) is 6.20 Å². The first-order chi connectivity index (χ1) is 11.7. The number of carbonyl (C=O) groups is 1. The summed E-state index contributed by atoms with van der Waals surface area (Å²) < 4.78 is 7.21. The second-order valence-electron chi connectivity index (χ2n) is 7.52. The topological polar surface area (TPSA) is 86.3 Å². The van der Waals surface area contributed by atoms with Gasteiger partial charge >= 0.3 is 6.09 Å². The van der Waals surface area contributed by atoms with Gasteiger partial charge in [-0.1, -0.05) is 0 Å². The van der Waals surface area contributed by atoms with Crippen LogP contribution < -0.4 is 5.73 Å². The molecule has 0 saturated carbocycles. The second-order valence-corrected chi connectivity index (χ2v) is 7.52. The number of pyridine rings is 1. The van der Waals surface area contributed by atoms with Crippen molar-refractivity contribution in [3.05, 3.63) is 30.2 Å². The normalized spacial score (nSPS) is 17.8. The number of likely N-dealkylation sites (tertiary alicyclic amines) is 1. The summed E-state index contributed by atoms with van der Waals surface area (Å²) in [6, 6.07) is 3.89. The largest absolute Gasteiger partial charge is 0.444 e. The second kappa shape index (κ2) is 6.38. The van der Waals surface area contributed by atoms with Crippen molar-refractivity contribution >= 4 is 11.9 Å². The molecule has 1 fully saturated rings. The molecular formula is C18H25N5O2. The minimum atomic E-state index is -0.488. The molecule has 7 heteroatoms. The molecule has 1 amide bonds. The fourth-order valence-corrected chi connectivity index (χ4v) is 3.01. The molecule has 2 N–H and O–H groups in total. The number of hydrogen-bond donors (Lipinski definition) is 1. The first kappa shape index (κ1) is 17.3. The molecule has 0 bridgehead atoms. The Balaban J connectivity index is 1.77. The van der Waals surface area contributed by atoms with Gasteiger partial charge in [0.2, 0.25) is 0 Å². The molecule has 0 spiro atoms. The zero-order valence-corrected chi connectivity index (χ0v) is 15.2. The van der Waals surface area contributed by atoms with Gasteiger partial charge in [0, 0.05) is 43.5 Å². The SMILES string of the molecule is Cn1cc(-c2cc(N)nc(C3CCN(C(=O)OC(C)(C)C)C3)c2)cn1. The smallest absolute Gasteiger partial charge is 0.410 e. The van der Waals surface area contributed by atoms with Crippen LogP contribution in [0.4, 0.5) is 10.6 Å². The van der Waals surface area contributed by atoms with E-state index in [4.69, 9.17) is 10.5 Å². The minimum absolute atomic E-state index is 0.159. The third-order valence-electron chi connectivity index (χ3n) is 4.16. The Morgan fingerprint density at radius 3 is 2.72 bits per heavy atom. The maximum Gasteiger partial charge on any atom is 0.410 e. The van der Waals surface area contributed by atoms with Crippen LogP contribution in [0.1, 0.15) is 38.8 Å². The third-order valence-corrected chi connectivity index (χ3v) is 4.16. The quantitative estimate of drug-likeness (QED) is 0.906. The number of ether oxygens (including phenoxy) is 1. The van der Waals surface area contributed by atoms with E-state index >= 15 is 0 Å². The van der Waals surface area contributed by atoms with Crippen LogP contribution in [0.5, 0.6) is 0 Å². The maximum atomic E-state index is 12.2. The molecule has 1 aliphatic heterocycles. The van der Waals surface area contributed by atoms with Crippen LogP contribution >= 0.6 is 0 Å². The molecule has 3 heterocycles. The zero-order chi connectivity index (χ0) is 18.2. The average Bonchev–Trinajstić information content (AvgIpc) is 3.13. The highest BCUT2D eigenvalue weighted by molar-refractivity contribution is 5.69. The van der Waals surface area contributed by atoms with E-state index in [1.807, 2.05) is 46.1 Å². The number of aryl methyl sites for hydroxylation is 1. The molecule has 1 atom stereocenters. The number of nitrogen functional groups attached to an aromatic ring is 1. The lowest BCUT2D eigenvalue weighted by Gasteiger charge is -2.24. The van der Waals surface area contributed by atoms with Gasteiger partial charge in [0.15, 0.2) is 0 Å². The van der Waals surface area contributed by atoms with Gasteiger partial charge in [-0.15, -0.1) is 0 Å². The van der Waals surface area contributed by atoms with Gasteiger partial charge in [-0.05, 0) is 44.9 Å². The maximum absolute atomic E-state index is 12.2. The Morgan fingerprint density at radius 2 is 2.08 bits per heavy atom. The third kappa shape index (κ3) is 4.10. The zero-order valence-electron chi connectivity index (χ0n) is 15.2.